The number of rotatable bonds is 10. The zero-order valence-corrected chi connectivity index (χ0v) is 20.8. The SMILES string of the molecule is CCCN(Cc1nc2scc(-c3ccc(Cl)cc3)c2c(=O)[nH]1)C[C@@H](O)COc1ccccc1C. The van der Waals surface area contributed by atoms with E-state index in [1.54, 1.807) is 0 Å². The highest BCUT2D eigenvalue weighted by Gasteiger charge is 2.17. The van der Waals surface area contributed by atoms with Gasteiger partial charge in [-0.1, -0.05) is 48.9 Å². The molecule has 2 aromatic heterocycles. The number of thiophene rings is 1. The van der Waals surface area contributed by atoms with Crippen LogP contribution in [-0.2, 0) is 6.54 Å². The maximum absolute atomic E-state index is 13.0. The summed E-state index contributed by atoms with van der Waals surface area (Å²) in [6.07, 6.45) is 0.247. The van der Waals surface area contributed by atoms with E-state index >= 15 is 0 Å². The molecule has 6 nitrogen and oxygen atoms in total. The Balaban J connectivity index is 1.47. The van der Waals surface area contributed by atoms with Crippen LogP contribution in [-0.4, -0.2) is 45.8 Å². The van der Waals surface area contributed by atoms with Crippen LogP contribution in [0.3, 0.4) is 0 Å². The number of aromatic amines is 1. The molecule has 0 amide bonds. The molecule has 2 aromatic carbocycles. The van der Waals surface area contributed by atoms with Gasteiger partial charge in [0.05, 0.1) is 11.9 Å². The number of aryl methyl sites for hydroxylation is 1. The predicted molar refractivity (Wildman–Crippen MR) is 139 cm³/mol. The molecule has 1 atom stereocenters. The van der Waals surface area contributed by atoms with Crippen LogP contribution in [0.25, 0.3) is 21.3 Å². The third kappa shape index (κ3) is 5.85. The summed E-state index contributed by atoms with van der Waals surface area (Å²) >= 11 is 7.45. The van der Waals surface area contributed by atoms with Crippen molar-refractivity contribution in [1.29, 1.82) is 0 Å². The van der Waals surface area contributed by atoms with Crippen LogP contribution in [0.1, 0.15) is 24.7 Å². The average molecular weight is 498 g/mol. The van der Waals surface area contributed by atoms with Gasteiger partial charge in [-0.2, -0.15) is 0 Å². The molecule has 0 spiro atoms. The molecule has 0 bridgehead atoms. The standard InChI is InChI=1S/C26H28ClN3O3S/c1-3-12-30(13-20(31)15-33-22-7-5-4-6-17(22)2)14-23-28-25(32)24-21(16-34-26(24)29-23)18-8-10-19(27)11-9-18/h4-11,16,20,31H,3,12-15H2,1-2H3,(H,28,29,32)/t20-/m1/s1. The zero-order chi connectivity index (χ0) is 24.1. The van der Waals surface area contributed by atoms with Gasteiger partial charge < -0.3 is 14.8 Å². The number of hydrogen-bond acceptors (Lipinski definition) is 6. The third-order valence-electron chi connectivity index (χ3n) is 5.56. The van der Waals surface area contributed by atoms with Gasteiger partial charge in [0.25, 0.3) is 5.56 Å². The Morgan fingerprint density at radius 1 is 1.21 bits per heavy atom. The van der Waals surface area contributed by atoms with Crippen LogP contribution in [0.5, 0.6) is 5.75 Å². The largest absolute Gasteiger partial charge is 0.491 e. The highest BCUT2D eigenvalue weighted by atomic mass is 35.5. The smallest absolute Gasteiger partial charge is 0.260 e. The molecule has 0 saturated heterocycles. The van der Waals surface area contributed by atoms with E-state index in [0.29, 0.717) is 34.2 Å². The molecule has 8 heteroatoms. The minimum atomic E-state index is -0.667. The van der Waals surface area contributed by atoms with E-state index in [4.69, 9.17) is 21.3 Å². The van der Waals surface area contributed by atoms with Crippen molar-refractivity contribution >= 4 is 33.2 Å². The first kappa shape index (κ1) is 24.4. The summed E-state index contributed by atoms with van der Waals surface area (Å²) in [6.45, 7) is 5.88. The summed E-state index contributed by atoms with van der Waals surface area (Å²) < 4.78 is 5.80. The average Bonchev–Trinajstić information content (AvgIpc) is 3.24. The van der Waals surface area contributed by atoms with Crippen LogP contribution in [0.15, 0.2) is 58.7 Å². The van der Waals surface area contributed by atoms with E-state index in [-0.39, 0.29) is 12.2 Å². The first-order valence-corrected chi connectivity index (χ1v) is 12.6. The van der Waals surface area contributed by atoms with Crippen LogP contribution in [0.4, 0.5) is 0 Å². The highest BCUT2D eigenvalue weighted by Crippen LogP contribution is 2.31. The van der Waals surface area contributed by atoms with E-state index in [9.17, 15) is 9.90 Å². The van der Waals surface area contributed by atoms with Crippen LogP contribution in [0, 0.1) is 6.92 Å². The van der Waals surface area contributed by atoms with Crippen LogP contribution in [0.2, 0.25) is 5.02 Å². The van der Waals surface area contributed by atoms with Crippen molar-refractivity contribution in [2.24, 2.45) is 0 Å². The number of fused-ring (bicyclic) bond motifs is 1. The fourth-order valence-electron chi connectivity index (χ4n) is 3.93. The van der Waals surface area contributed by atoms with Crippen molar-refractivity contribution in [2.75, 3.05) is 19.7 Å². The van der Waals surface area contributed by atoms with Gasteiger partial charge >= 0.3 is 0 Å². The van der Waals surface area contributed by atoms with Gasteiger partial charge in [-0.3, -0.25) is 9.69 Å². The quantitative estimate of drug-likeness (QED) is 0.312. The number of nitrogens with zero attached hydrogens (tertiary/aromatic N) is 2. The molecular formula is C26H28ClN3O3S. The van der Waals surface area contributed by atoms with Crippen LogP contribution >= 0.6 is 22.9 Å². The molecule has 0 saturated carbocycles. The molecule has 2 N–H and O–H groups in total. The van der Waals surface area contributed by atoms with Gasteiger partial charge in [-0.25, -0.2) is 4.98 Å². The number of hydrogen-bond donors (Lipinski definition) is 2. The Morgan fingerprint density at radius 2 is 1.97 bits per heavy atom. The lowest BCUT2D eigenvalue weighted by Gasteiger charge is -2.24. The minimum absolute atomic E-state index is 0.161. The molecule has 4 rings (SSSR count). The molecule has 0 aliphatic heterocycles. The molecule has 0 unspecified atom stereocenters. The van der Waals surface area contributed by atoms with Crippen LogP contribution < -0.4 is 10.3 Å². The van der Waals surface area contributed by atoms with Crippen molar-refractivity contribution in [1.82, 2.24) is 14.9 Å². The Kier molecular flexibility index (Phi) is 8.00. The monoisotopic (exact) mass is 497 g/mol. The van der Waals surface area contributed by atoms with E-state index in [1.807, 2.05) is 60.8 Å². The van der Waals surface area contributed by atoms with E-state index < -0.39 is 6.10 Å². The second-order valence-electron chi connectivity index (χ2n) is 8.31. The predicted octanol–water partition coefficient (Wildman–Crippen LogP) is 5.27. The molecule has 0 radical (unpaired) electrons. The van der Waals surface area contributed by atoms with Crippen molar-refractivity contribution in [3.05, 3.63) is 80.7 Å². The molecule has 4 aromatic rings. The molecule has 34 heavy (non-hydrogen) atoms. The van der Waals surface area contributed by atoms with Crippen molar-refractivity contribution < 1.29 is 9.84 Å². The van der Waals surface area contributed by atoms with E-state index in [0.717, 1.165) is 35.4 Å². The topological polar surface area (TPSA) is 78.5 Å². The number of H-pyrrole nitrogens is 1. The Morgan fingerprint density at radius 3 is 2.71 bits per heavy atom. The van der Waals surface area contributed by atoms with Gasteiger partial charge in [0, 0.05) is 22.5 Å². The zero-order valence-electron chi connectivity index (χ0n) is 19.3. The first-order chi connectivity index (χ1) is 16.4. The maximum atomic E-state index is 13.0. The first-order valence-electron chi connectivity index (χ1n) is 11.3. The Bertz CT molecular complexity index is 1300. The molecule has 0 aliphatic carbocycles. The van der Waals surface area contributed by atoms with Crippen molar-refractivity contribution in [3.63, 3.8) is 0 Å². The summed E-state index contributed by atoms with van der Waals surface area (Å²) in [7, 11) is 0. The number of benzene rings is 2. The number of para-hydroxylation sites is 1. The van der Waals surface area contributed by atoms with Crippen molar-refractivity contribution in [3.8, 4) is 16.9 Å². The number of aliphatic hydroxyl groups excluding tert-OH is 1. The molecule has 2 heterocycles. The van der Waals surface area contributed by atoms with Gasteiger partial charge in [0.15, 0.2) is 0 Å². The van der Waals surface area contributed by atoms with Gasteiger partial charge in [-0.15, -0.1) is 11.3 Å². The number of ether oxygens (including phenoxy) is 1. The lowest BCUT2D eigenvalue weighted by Crippen LogP contribution is -2.36. The summed E-state index contributed by atoms with van der Waals surface area (Å²) in [5, 5.41) is 13.8. The number of halogens is 1. The lowest BCUT2D eigenvalue weighted by atomic mass is 10.1. The lowest BCUT2D eigenvalue weighted by molar-refractivity contribution is 0.0645. The highest BCUT2D eigenvalue weighted by molar-refractivity contribution is 7.17. The summed E-state index contributed by atoms with van der Waals surface area (Å²) in [4.78, 5) is 23.4. The van der Waals surface area contributed by atoms with Gasteiger partial charge in [-0.05, 0) is 49.2 Å². The molecule has 0 aliphatic rings. The number of nitrogens with one attached hydrogen (secondary N) is 1. The molecular weight excluding hydrogens is 470 g/mol. The third-order valence-corrected chi connectivity index (χ3v) is 6.68. The van der Waals surface area contributed by atoms with Gasteiger partial charge in [0.2, 0.25) is 0 Å². The van der Waals surface area contributed by atoms with Gasteiger partial charge in [0.1, 0.15) is 29.1 Å². The summed E-state index contributed by atoms with van der Waals surface area (Å²) in [6, 6.07) is 15.2. The minimum Gasteiger partial charge on any atom is -0.491 e. The summed E-state index contributed by atoms with van der Waals surface area (Å²) in [5.41, 5.74) is 2.65. The summed E-state index contributed by atoms with van der Waals surface area (Å²) in [5.74, 6) is 1.36. The normalized spacial score (nSPS) is 12.4. The Labute approximate surface area is 207 Å². The molecule has 178 valence electrons. The van der Waals surface area contributed by atoms with Crippen molar-refractivity contribution in [2.45, 2.75) is 32.9 Å². The fraction of sp³-hybridized carbons (Fsp3) is 0.308. The Hall–Kier alpha value is -2.71. The number of aliphatic hydroxyl groups is 1. The second kappa shape index (κ2) is 11.1. The number of aromatic nitrogens is 2. The fourth-order valence-corrected chi connectivity index (χ4v) is 5.02. The second-order valence-corrected chi connectivity index (χ2v) is 9.61. The molecule has 0 fully saturated rings. The van der Waals surface area contributed by atoms with E-state index in [2.05, 4.69) is 16.8 Å². The van der Waals surface area contributed by atoms with E-state index in [1.165, 1.54) is 11.3 Å². The maximum Gasteiger partial charge on any atom is 0.260 e.